The number of aliphatic hydroxyl groups is 1. The van der Waals surface area contributed by atoms with Crippen LogP contribution in [0.5, 0.6) is 0 Å². The summed E-state index contributed by atoms with van der Waals surface area (Å²) in [6.45, 7) is 7.09. The second kappa shape index (κ2) is 12.2. The van der Waals surface area contributed by atoms with Gasteiger partial charge in [0.1, 0.15) is 0 Å². The zero-order valence-electron chi connectivity index (χ0n) is 14.1. The molecule has 1 aliphatic rings. The summed E-state index contributed by atoms with van der Waals surface area (Å²) in [4.78, 5) is 0. The van der Waals surface area contributed by atoms with E-state index in [-0.39, 0.29) is 18.6 Å². The third kappa shape index (κ3) is 8.01. The van der Waals surface area contributed by atoms with Gasteiger partial charge in [0.2, 0.25) is 0 Å². The normalized spacial score (nSPS) is 22.1. The number of unbranched alkanes of at least 4 members (excludes halogenated alkanes) is 10. The van der Waals surface area contributed by atoms with Crippen molar-refractivity contribution in [1.29, 1.82) is 0 Å². The van der Waals surface area contributed by atoms with Crippen LogP contribution in [0.3, 0.4) is 0 Å². The van der Waals surface area contributed by atoms with Gasteiger partial charge in [-0.2, -0.15) is 0 Å². The molecular weight excluding hydrogens is 260 g/mol. The van der Waals surface area contributed by atoms with E-state index < -0.39 is 0 Å². The molecule has 2 heteroatoms. The van der Waals surface area contributed by atoms with E-state index in [2.05, 4.69) is 13.5 Å². The maximum absolute atomic E-state index is 9.34. The standard InChI is InChI=1S/C19H36O2/c1-3-4-5-6-7-8-9-10-11-12-13-14-19-18(15-20)17(2)16-21-19/h18-20H,2-16H2,1H3/t18-,19+/m0/s1. The molecule has 1 heterocycles. The number of hydrogen-bond donors (Lipinski definition) is 1. The van der Waals surface area contributed by atoms with Crippen LogP contribution in [0.1, 0.15) is 84.0 Å². The minimum Gasteiger partial charge on any atom is -0.396 e. The van der Waals surface area contributed by atoms with Crippen LogP contribution in [0.15, 0.2) is 12.2 Å². The van der Waals surface area contributed by atoms with Gasteiger partial charge in [-0.15, -0.1) is 0 Å². The second-order valence-electron chi connectivity index (χ2n) is 6.62. The summed E-state index contributed by atoms with van der Waals surface area (Å²) in [6, 6.07) is 0. The van der Waals surface area contributed by atoms with Gasteiger partial charge < -0.3 is 9.84 Å². The largest absolute Gasteiger partial charge is 0.396 e. The summed E-state index contributed by atoms with van der Waals surface area (Å²) >= 11 is 0. The fourth-order valence-electron chi connectivity index (χ4n) is 3.24. The third-order valence-corrected chi connectivity index (χ3v) is 4.74. The molecule has 0 aromatic carbocycles. The van der Waals surface area contributed by atoms with Crippen molar-refractivity contribution >= 4 is 0 Å². The third-order valence-electron chi connectivity index (χ3n) is 4.74. The Morgan fingerprint density at radius 1 is 0.952 bits per heavy atom. The highest BCUT2D eigenvalue weighted by Gasteiger charge is 2.29. The molecule has 2 atom stereocenters. The number of rotatable bonds is 13. The average molecular weight is 296 g/mol. The summed E-state index contributed by atoms with van der Waals surface area (Å²) in [5.74, 6) is 0.188. The molecule has 1 fully saturated rings. The smallest absolute Gasteiger partial charge is 0.0682 e. The molecule has 0 radical (unpaired) electrons. The van der Waals surface area contributed by atoms with Crippen molar-refractivity contribution in [3.8, 4) is 0 Å². The molecule has 0 aromatic rings. The van der Waals surface area contributed by atoms with Gasteiger partial charge in [0.05, 0.1) is 19.3 Å². The van der Waals surface area contributed by atoms with Crippen molar-refractivity contribution < 1.29 is 9.84 Å². The molecule has 2 nitrogen and oxygen atoms in total. The maximum atomic E-state index is 9.34. The van der Waals surface area contributed by atoms with Crippen LogP contribution in [-0.2, 0) is 4.74 Å². The van der Waals surface area contributed by atoms with E-state index in [1.165, 1.54) is 70.6 Å². The lowest BCUT2D eigenvalue weighted by Gasteiger charge is -2.16. The SMILES string of the molecule is C=C1CO[C@H](CCCCCCCCCCCCC)[C@H]1CO. The molecule has 0 spiro atoms. The van der Waals surface area contributed by atoms with Crippen molar-refractivity contribution in [3.63, 3.8) is 0 Å². The Labute approximate surface area is 132 Å². The van der Waals surface area contributed by atoms with Crippen molar-refractivity contribution in [2.75, 3.05) is 13.2 Å². The van der Waals surface area contributed by atoms with Crippen LogP contribution in [0.25, 0.3) is 0 Å². The van der Waals surface area contributed by atoms with Crippen molar-refractivity contribution in [1.82, 2.24) is 0 Å². The molecule has 1 aliphatic heterocycles. The van der Waals surface area contributed by atoms with E-state index in [1.54, 1.807) is 0 Å². The van der Waals surface area contributed by atoms with Crippen LogP contribution in [0.2, 0.25) is 0 Å². The van der Waals surface area contributed by atoms with Crippen LogP contribution in [-0.4, -0.2) is 24.4 Å². The zero-order chi connectivity index (χ0) is 15.3. The monoisotopic (exact) mass is 296 g/mol. The molecule has 124 valence electrons. The fourth-order valence-corrected chi connectivity index (χ4v) is 3.24. The van der Waals surface area contributed by atoms with Crippen molar-refractivity contribution in [2.45, 2.75) is 90.1 Å². The van der Waals surface area contributed by atoms with Crippen LogP contribution < -0.4 is 0 Å². The van der Waals surface area contributed by atoms with Gasteiger partial charge in [0.25, 0.3) is 0 Å². The predicted molar refractivity (Wildman–Crippen MR) is 90.5 cm³/mol. The molecule has 0 aromatic heterocycles. The van der Waals surface area contributed by atoms with Crippen molar-refractivity contribution in [2.24, 2.45) is 5.92 Å². The molecule has 0 bridgehead atoms. The minimum atomic E-state index is 0.188. The van der Waals surface area contributed by atoms with E-state index in [9.17, 15) is 5.11 Å². The molecule has 1 saturated heterocycles. The Hall–Kier alpha value is -0.340. The fraction of sp³-hybridized carbons (Fsp3) is 0.895. The Bertz CT molecular complexity index is 262. The molecular formula is C19H36O2. The van der Waals surface area contributed by atoms with Gasteiger partial charge in [-0.3, -0.25) is 0 Å². The van der Waals surface area contributed by atoms with Gasteiger partial charge in [0, 0.05) is 5.92 Å². The number of ether oxygens (including phenoxy) is 1. The van der Waals surface area contributed by atoms with Crippen LogP contribution in [0.4, 0.5) is 0 Å². The molecule has 1 N–H and O–H groups in total. The lowest BCUT2D eigenvalue weighted by atomic mass is 9.94. The highest BCUT2D eigenvalue weighted by Crippen LogP contribution is 2.28. The lowest BCUT2D eigenvalue weighted by Crippen LogP contribution is -2.19. The van der Waals surface area contributed by atoms with Gasteiger partial charge in [-0.05, 0) is 12.0 Å². The van der Waals surface area contributed by atoms with E-state index in [0.717, 1.165) is 12.0 Å². The highest BCUT2D eigenvalue weighted by molar-refractivity contribution is 5.08. The summed E-state index contributed by atoms with van der Waals surface area (Å²) in [5, 5.41) is 9.34. The summed E-state index contributed by atoms with van der Waals surface area (Å²) < 4.78 is 5.70. The Kier molecular flexibility index (Phi) is 10.9. The average Bonchev–Trinajstić information content (AvgIpc) is 2.85. The van der Waals surface area contributed by atoms with E-state index in [4.69, 9.17) is 4.74 Å². The summed E-state index contributed by atoms with van der Waals surface area (Å²) in [7, 11) is 0. The Morgan fingerprint density at radius 3 is 2.00 bits per heavy atom. The molecule has 0 aliphatic carbocycles. The predicted octanol–water partition coefficient (Wildman–Crippen LogP) is 5.25. The molecule has 0 unspecified atom stereocenters. The molecule has 0 saturated carbocycles. The first kappa shape index (κ1) is 18.7. The maximum Gasteiger partial charge on any atom is 0.0682 e. The van der Waals surface area contributed by atoms with Crippen molar-refractivity contribution in [3.05, 3.63) is 12.2 Å². The molecule has 0 amide bonds. The summed E-state index contributed by atoms with van der Waals surface area (Å²) in [6.07, 6.45) is 16.4. The highest BCUT2D eigenvalue weighted by atomic mass is 16.5. The first-order valence-electron chi connectivity index (χ1n) is 9.19. The van der Waals surface area contributed by atoms with E-state index >= 15 is 0 Å². The topological polar surface area (TPSA) is 29.5 Å². The number of hydrogen-bond acceptors (Lipinski definition) is 2. The first-order chi connectivity index (χ1) is 10.3. The second-order valence-corrected chi connectivity index (χ2v) is 6.62. The van der Waals surface area contributed by atoms with E-state index in [0.29, 0.717) is 6.61 Å². The van der Waals surface area contributed by atoms with Gasteiger partial charge in [0.15, 0.2) is 0 Å². The van der Waals surface area contributed by atoms with E-state index in [1.807, 2.05) is 0 Å². The van der Waals surface area contributed by atoms with Gasteiger partial charge in [-0.25, -0.2) is 0 Å². The van der Waals surface area contributed by atoms with Crippen LogP contribution >= 0.6 is 0 Å². The van der Waals surface area contributed by atoms with Gasteiger partial charge in [-0.1, -0.05) is 84.1 Å². The zero-order valence-corrected chi connectivity index (χ0v) is 14.1. The van der Waals surface area contributed by atoms with Crippen LogP contribution in [0, 0.1) is 5.92 Å². The minimum absolute atomic E-state index is 0.188. The van der Waals surface area contributed by atoms with Gasteiger partial charge >= 0.3 is 0 Å². The molecule has 21 heavy (non-hydrogen) atoms. The Balaban J connectivity index is 1.85. The quantitative estimate of drug-likeness (QED) is 0.371. The molecule has 1 rings (SSSR count). The lowest BCUT2D eigenvalue weighted by molar-refractivity contribution is 0.0639. The number of aliphatic hydroxyl groups excluding tert-OH is 1. The Morgan fingerprint density at radius 2 is 1.48 bits per heavy atom. The first-order valence-corrected chi connectivity index (χ1v) is 9.19. The summed E-state index contributed by atoms with van der Waals surface area (Å²) in [5.41, 5.74) is 1.07.